The number of rotatable bonds is 7. The standard InChI is InChI=1S/C15H22Cl2N2O3S/c16-13-8-12(9-14(17)10-13)11-23(20,21)19-5-2-15(3-6-19)22-7-1-4-18/h8-10,15H,1-7,11,18H2. The van der Waals surface area contributed by atoms with Crippen LogP contribution in [0.2, 0.25) is 10.0 Å². The highest BCUT2D eigenvalue weighted by Crippen LogP contribution is 2.23. The summed E-state index contributed by atoms with van der Waals surface area (Å²) in [5.41, 5.74) is 6.03. The van der Waals surface area contributed by atoms with Crippen LogP contribution in [0.15, 0.2) is 18.2 Å². The number of hydrogen-bond donors (Lipinski definition) is 1. The molecule has 0 radical (unpaired) electrons. The molecule has 1 saturated heterocycles. The van der Waals surface area contributed by atoms with E-state index in [-0.39, 0.29) is 11.9 Å². The van der Waals surface area contributed by atoms with Crippen molar-refractivity contribution in [2.75, 3.05) is 26.2 Å². The summed E-state index contributed by atoms with van der Waals surface area (Å²) in [4.78, 5) is 0. The first-order valence-corrected chi connectivity index (χ1v) is 10.0. The number of nitrogens with zero attached hydrogens (tertiary/aromatic N) is 1. The van der Waals surface area contributed by atoms with Crippen LogP contribution in [-0.4, -0.2) is 45.1 Å². The van der Waals surface area contributed by atoms with Gasteiger partial charge in [0, 0.05) is 29.7 Å². The van der Waals surface area contributed by atoms with E-state index >= 15 is 0 Å². The van der Waals surface area contributed by atoms with Gasteiger partial charge in [-0.3, -0.25) is 0 Å². The average molecular weight is 381 g/mol. The first-order chi connectivity index (χ1) is 10.9. The van der Waals surface area contributed by atoms with Crippen molar-refractivity contribution in [2.45, 2.75) is 31.1 Å². The maximum Gasteiger partial charge on any atom is 0.218 e. The van der Waals surface area contributed by atoms with Gasteiger partial charge in [-0.1, -0.05) is 23.2 Å². The zero-order valence-electron chi connectivity index (χ0n) is 12.9. The predicted octanol–water partition coefficient (Wildman–Crippen LogP) is 2.65. The van der Waals surface area contributed by atoms with Crippen LogP contribution in [0.4, 0.5) is 0 Å². The monoisotopic (exact) mass is 380 g/mol. The Labute approximate surface area is 147 Å². The maximum atomic E-state index is 12.5. The molecule has 0 atom stereocenters. The highest BCUT2D eigenvalue weighted by molar-refractivity contribution is 7.88. The molecule has 5 nitrogen and oxygen atoms in total. The Morgan fingerprint density at radius 1 is 1.17 bits per heavy atom. The molecule has 130 valence electrons. The number of hydrogen-bond acceptors (Lipinski definition) is 4. The molecule has 0 saturated carbocycles. The fourth-order valence-corrected chi connectivity index (χ4v) is 4.72. The number of piperidine rings is 1. The quantitative estimate of drug-likeness (QED) is 0.737. The van der Waals surface area contributed by atoms with Crippen LogP contribution < -0.4 is 5.73 Å². The molecule has 0 amide bonds. The van der Waals surface area contributed by atoms with Crippen molar-refractivity contribution in [3.8, 4) is 0 Å². The smallest absolute Gasteiger partial charge is 0.218 e. The van der Waals surface area contributed by atoms with E-state index in [0.29, 0.717) is 54.7 Å². The van der Waals surface area contributed by atoms with Crippen LogP contribution in [0.25, 0.3) is 0 Å². The first-order valence-electron chi connectivity index (χ1n) is 7.65. The molecular formula is C15H22Cl2N2O3S. The Bertz CT molecular complexity index is 597. The van der Waals surface area contributed by atoms with E-state index in [9.17, 15) is 8.42 Å². The van der Waals surface area contributed by atoms with Gasteiger partial charge in [0.2, 0.25) is 10.0 Å². The summed E-state index contributed by atoms with van der Waals surface area (Å²) in [5.74, 6) is -0.0913. The van der Waals surface area contributed by atoms with Crippen LogP contribution in [-0.2, 0) is 20.5 Å². The lowest BCUT2D eigenvalue weighted by Gasteiger charge is -2.31. The van der Waals surface area contributed by atoms with Crippen molar-refractivity contribution in [3.05, 3.63) is 33.8 Å². The number of benzene rings is 1. The third-order valence-corrected chi connectivity index (χ3v) is 6.05. The Balaban J connectivity index is 1.91. The minimum atomic E-state index is -3.38. The van der Waals surface area contributed by atoms with Gasteiger partial charge in [-0.2, -0.15) is 0 Å². The van der Waals surface area contributed by atoms with Crippen molar-refractivity contribution >= 4 is 33.2 Å². The second kappa shape index (κ2) is 8.65. The molecule has 0 aromatic heterocycles. The van der Waals surface area contributed by atoms with Crippen LogP contribution in [0.3, 0.4) is 0 Å². The summed E-state index contributed by atoms with van der Waals surface area (Å²) in [6, 6.07) is 4.85. The molecule has 0 bridgehead atoms. The zero-order chi connectivity index (χ0) is 16.9. The minimum absolute atomic E-state index is 0.0913. The van der Waals surface area contributed by atoms with E-state index in [4.69, 9.17) is 33.7 Å². The molecule has 0 unspecified atom stereocenters. The molecule has 1 aliphatic heterocycles. The highest BCUT2D eigenvalue weighted by Gasteiger charge is 2.28. The summed E-state index contributed by atoms with van der Waals surface area (Å²) in [7, 11) is -3.38. The number of ether oxygens (including phenoxy) is 1. The van der Waals surface area contributed by atoms with Gasteiger partial charge in [-0.15, -0.1) is 0 Å². The first kappa shape index (κ1) is 19.0. The Hall–Kier alpha value is -0.370. The van der Waals surface area contributed by atoms with Gasteiger partial charge in [-0.25, -0.2) is 12.7 Å². The average Bonchev–Trinajstić information content (AvgIpc) is 2.46. The van der Waals surface area contributed by atoms with Crippen LogP contribution >= 0.6 is 23.2 Å². The molecule has 1 aromatic carbocycles. The zero-order valence-corrected chi connectivity index (χ0v) is 15.2. The van der Waals surface area contributed by atoms with E-state index in [1.165, 1.54) is 4.31 Å². The third-order valence-electron chi connectivity index (χ3n) is 3.77. The van der Waals surface area contributed by atoms with E-state index in [1.54, 1.807) is 18.2 Å². The van der Waals surface area contributed by atoms with Crippen LogP contribution in [0, 0.1) is 0 Å². The van der Waals surface area contributed by atoms with E-state index < -0.39 is 10.0 Å². The van der Waals surface area contributed by atoms with Gasteiger partial charge in [0.1, 0.15) is 0 Å². The molecule has 8 heteroatoms. The Morgan fingerprint density at radius 2 is 1.78 bits per heavy atom. The molecule has 1 aliphatic rings. The predicted molar refractivity (Wildman–Crippen MR) is 93.3 cm³/mol. The van der Waals surface area contributed by atoms with Crippen molar-refractivity contribution in [3.63, 3.8) is 0 Å². The number of halogens is 2. The lowest BCUT2D eigenvalue weighted by Crippen LogP contribution is -2.41. The molecule has 1 fully saturated rings. The Morgan fingerprint density at radius 3 is 2.35 bits per heavy atom. The van der Waals surface area contributed by atoms with E-state index in [1.807, 2.05) is 0 Å². The second-order valence-corrected chi connectivity index (χ2v) is 8.49. The molecule has 23 heavy (non-hydrogen) atoms. The normalized spacial score (nSPS) is 17.5. The second-order valence-electron chi connectivity index (χ2n) is 5.65. The fourth-order valence-electron chi connectivity index (χ4n) is 2.61. The summed E-state index contributed by atoms with van der Waals surface area (Å²) in [6.45, 7) is 2.19. The van der Waals surface area contributed by atoms with Crippen molar-refractivity contribution in [2.24, 2.45) is 5.73 Å². The van der Waals surface area contributed by atoms with Gasteiger partial charge in [0.15, 0.2) is 0 Å². The Kier molecular flexibility index (Phi) is 7.13. The fraction of sp³-hybridized carbons (Fsp3) is 0.600. The molecule has 2 rings (SSSR count). The van der Waals surface area contributed by atoms with Gasteiger partial charge < -0.3 is 10.5 Å². The van der Waals surface area contributed by atoms with Gasteiger partial charge >= 0.3 is 0 Å². The minimum Gasteiger partial charge on any atom is -0.378 e. The van der Waals surface area contributed by atoms with Crippen molar-refractivity contribution < 1.29 is 13.2 Å². The third kappa shape index (κ3) is 5.89. The summed E-state index contributed by atoms with van der Waals surface area (Å²) >= 11 is 11.9. The van der Waals surface area contributed by atoms with Crippen molar-refractivity contribution in [1.82, 2.24) is 4.31 Å². The van der Waals surface area contributed by atoms with Crippen molar-refractivity contribution in [1.29, 1.82) is 0 Å². The molecule has 1 aromatic rings. The lowest BCUT2D eigenvalue weighted by molar-refractivity contribution is 0.0208. The molecule has 0 spiro atoms. The maximum absolute atomic E-state index is 12.5. The SMILES string of the molecule is NCCCOC1CCN(S(=O)(=O)Cc2cc(Cl)cc(Cl)c2)CC1. The summed E-state index contributed by atoms with van der Waals surface area (Å²) < 4.78 is 32.3. The molecular weight excluding hydrogens is 359 g/mol. The summed E-state index contributed by atoms with van der Waals surface area (Å²) in [5, 5.41) is 0.879. The topological polar surface area (TPSA) is 72.6 Å². The number of sulfonamides is 1. The van der Waals surface area contributed by atoms with Crippen LogP contribution in [0.1, 0.15) is 24.8 Å². The lowest BCUT2D eigenvalue weighted by atomic mass is 10.1. The van der Waals surface area contributed by atoms with E-state index in [0.717, 1.165) is 6.42 Å². The van der Waals surface area contributed by atoms with Crippen LogP contribution in [0.5, 0.6) is 0 Å². The summed E-state index contributed by atoms with van der Waals surface area (Å²) in [6.07, 6.45) is 2.36. The van der Waals surface area contributed by atoms with Gasteiger partial charge in [-0.05, 0) is 49.6 Å². The molecule has 2 N–H and O–H groups in total. The highest BCUT2D eigenvalue weighted by atomic mass is 35.5. The van der Waals surface area contributed by atoms with Gasteiger partial charge in [0.25, 0.3) is 0 Å². The number of nitrogens with two attached hydrogens (primary N) is 1. The molecule has 0 aliphatic carbocycles. The van der Waals surface area contributed by atoms with E-state index in [2.05, 4.69) is 0 Å². The molecule has 1 heterocycles. The van der Waals surface area contributed by atoms with Gasteiger partial charge in [0.05, 0.1) is 11.9 Å². The largest absolute Gasteiger partial charge is 0.378 e.